The van der Waals surface area contributed by atoms with Crippen LogP contribution >= 0.6 is 46.7 Å². The highest BCUT2D eigenvalue weighted by Gasteiger charge is 2.08. The maximum Gasteiger partial charge on any atom is 0.251 e. The Balaban J connectivity index is 1.90. The summed E-state index contributed by atoms with van der Waals surface area (Å²) in [7, 11) is 0. The minimum absolute atomic E-state index is 0.0262. The minimum Gasteiger partial charge on any atom is -0.508 e. The average molecular weight is 345 g/mol. The molecule has 0 aliphatic heterocycles. The number of hydrogen-bond acceptors (Lipinski definition) is 4. The molecular formula is C14H10Cl2O2S2. The molecule has 0 aliphatic carbocycles. The molecule has 2 rings (SSSR count). The van der Waals surface area contributed by atoms with Crippen LogP contribution in [0.25, 0.3) is 0 Å². The fraction of sp³-hybridized carbons (Fsp3) is 0.0714. The Morgan fingerprint density at radius 3 is 2.45 bits per heavy atom. The van der Waals surface area contributed by atoms with Gasteiger partial charge >= 0.3 is 0 Å². The molecule has 0 fully saturated rings. The van der Waals surface area contributed by atoms with Gasteiger partial charge in [0.1, 0.15) is 5.75 Å². The minimum atomic E-state index is -0.0262. The molecule has 0 spiro atoms. The van der Waals surface area contributed by atoms with Crippen LogP contribution in [-0.4, -0.2) is 9.55 Å². The van der Waals surface area contributed by atoms with E-state index in [1.807, 2.05) is 6.07 Å². The van der Waals surface area contributed by atoms with Crippen molar-refractivity contribution in [1.82, 2.24) is 0 Å². The Kier molecular flexibility index (Phi) is 5.66. The summed E-state index contributed by atoms with van der Waals surface area (Å²) in [5.41, 5.74) is 0.876. The average Bonchev–Trinajstić information content (AvgIpc) is 2.40. The van der Waals surface area contributed by atoms with Crippen LogP contribution in [0.2, 0.25) is 10.0 Å². The molecule has 0 saturated carbocycles. The predicted octanol–water partition coefficient (Wildman–Crippen LogP) is 5.84. The van der Waals surface area contributed by atoms with Crippen LogP contribution in [0.3, 0.4) is 0 Å². The van der Waals surface area contributed by atoms with Gasteiger partial charge in [0.15, 0.2) is 0 Å². The van der Waals surface area contributed by atoms with Gasteiger partial charge in [0.25, 0.3) is 4.45 Å². The number of phenolic OH excluding ortho intramolecular Hbond substituents is 1. The smallest absolute Gasteiger partial charge is 0.251 e. The molecule has 20 heavy (non-hydrogen) atoms. The highest BCUT2D eigenvalue weighted by Crippen LogP contribution is 2.31. The summed E-state index contributed by atoms with van der Waals surface area (Å²) in [6.45, 7) is 0. The number of phenols is 1. The second kappa shape index (κ2) is 7.27. The van der Waals surface area contributed by atoms with Gasteiger partial charge in [0.05, 0.1) is 0 Å². The lowest BCUT2D eigenvalue weighted by Crippen LogP contribution is -1.87. The molecule has 104 valence electrons. The Bertz CT molecular complexity index is 615. The summed E-state index contributed by atoms with van der Waals surface area (Å²) >= 11 is 14.2. The topological polar surface area (TPSA) is 37.3 Å². The van der Waals surface area contributed by atoms with Gasteiger partial charge in [-0.05, 0) is 53.7 Å². The summed E-state index contributed by atoms with van der Waals surface area (Å²) in [5.74, 6) is 0.683. The molecule has 1 N–H and O–H groups in total. The van der Waals surface area contributed by atoms with Crippen molar-refractivity contribution in [3.8, 4) is 5.75 Å². The molecule has 0 radical (unpaired) electrons. The van der Waals surface area contributed by atoms with Crippen LogP contribution in [0.15, 0.2) is 47.4 Å². The van der Waals surface area contributed by atoms with Crippen molar-refractivity contribution < 1.29 is 9.90 Å². The molecular weight excluding hydrogens is 335 g/mol. The number of thioether (sulfide) groups is 2. The lowest BCUT2D eigenvalue weighted by Gasteiger charge is -2.04. The van der Waals surface area contributed by atoms with Gasteiger partial charge in [0.2, 0.25) is 0 Å². The monoisotopic (exact) mass is 344 g/mol. The first-order valence-corrected chi connectivity index (χ1v) is 8.18. The molecule has 6 heteroatoms. The number of carbonyl (C=O) groups excluding carboxylic acids is 1. The predicted molar refractivity (Wildman–Crippen MR) is 87.1 cm³/mol. The van der Waals surface area contributed by atoms with E-state index in [0.29, 0.717) is 15.8 Å². The maximum atomic E-state index is 11.8. The van der Waals surface area contributed by atoms with Crippen LogP contribution in [0, 0.1) is 0 Å². The zero-order valence-electron chi connectivity index (χ0n) is 10.2. The van der Waals surface area contributed by atoms with Crippen LogP contribution in [0.1, 0.15) is 5.56 Å². The van der Waals surface area contributed by atoms with E-state index >= 15 is 0 Å². The molecule has 0 unspecified atom stereocenters. The lowest BCUT2D eigenvalue weighted by molar-refractivity contribution is 0.276. The van der Waals surface area contributed by atoms with E-state index in [4.69, 9.17) is 23.2 Å². The van der Waals surface area contributed by atoms with Crippen molar-refractivity contribution in [3.63, 3.8) is 0 Å². The van der Waals surface area contributed by atoms with Crippen molar-refractivity contribution in [1.29, 1.82) is 0 Å². The Morgan fingerprint density at radius 2 is 1.80 bits per heavy atom. The van der Waals surface area contributed by atoms with Crippen LogP contribution in [0.5, 0.6) is 5.75 Å². The first-order chi connectivity index (χ1) is 9.54. The molecule has 0 aromatic heterocycles. The second-order valence-corrected chi connectivity index (χ2v) is 6.97. The van der Waals surface area contributed by atoms with Gasteiger partial charge in [-0.3, -0.25) is 4.79 Å². The number of benzene rings is 2. The maximum absolute atomic E-state index is 11.8. The number of rotatable bonds is 3. The highest BCUT2D eigenvalue weighted by molar-refractivity contribution is 8.38. The second-order valence-electron chi connectivity index (χ2n) is 3.87. The Morgan fingerprint density at radius 1 is 1.10 bits per heavy atom. The van der Waals surface area contributed by atoms with Crippen molar-refractivity contribution in [3.05, 3.63) is 58.1 Å². The van der Waals surface area contributed by atoms with Crippen molar-refractivity contribution in [2.75, 3.05) is 0 Å². The van der Waals surface area contributed by atoms with E-state index in [1.165, 1.54) is 11.8 Å². The van der Waals surface area contributed by atoms with Gasteiger partial charge in [-0.2, -0.15) is 0 Å². The molecule has 0 saturated heterocycles. The first-order valence-electron chi connectivity index (χ1n) is 5.62. The largest absolute Gasteiger partial charge is 0.508 e. The van der Waals surface area contributed by atoms with Crippen LogP contribution in [-0.2, 0) is 5.75 Å². The SMILES string of the molecule is O=C(SCc1ccc(Cl)cc1Cl)Sc1ccc(O)cc1. The van der Waals surface area contributed by atoms with Gasteiger partial charge in [-0.25, -0.2) is 0 Å². The lowest BCUT2D eigenvalue weighted by atomic mass is 10.2. The molecule has 2 aromatic carbocycles. The van der Waals surface area contributed by atoms with E-state index in [9.17, 15) is 9.90 Å². The van der Waals surface area contributed by atoms with Crippen molar-refractivity contribution >= 4 is 51.2 Å². The van der Waals surface area contributed by atoms with E-state index in [2.05, 4.69) is 0 Å². The Hall–Kier alpha value is -0.810. The van der Waals surface area contributed by atoms with Crippen molar-refractivity contribution in [2.45, 2.75) is 10.6 Å². The number of carbonyl (C=O) groups is 1. The van der Waals surface area contributed by atoms with E-state index < -0.39 is 0 Å². The van der Waals surface area contributed by atoms with Gasteiger partial charge in [-0.1, -0.05) is 41.0 Å². The summed E-state index contributed by atoms with van der Waals surface area (Å²) in [4.78, 5) is 12.6. The molecule has 2 nitrogen and oxygen atoms in total. The first kappa shape index (κ1) is 15.6. The van der Waals surface area contributed by atoms with Crippen LogP contribution < -0.4 is 0 Å². The zero-order valence-corrected chi connectivity index (χ0v) is 13.3. The normalized spacial score (nSPS) is 10.5. The third-order valence-corrected chi connectivity index (χ3v) is 4.95. The summed E-state index contributed by atoms with van der Waals surface area (Å²) in [6, 6.07) is 11.7. The summed E-state index contributed by atoms with van der Waals surface area (Å²) < 4.78 is -0.0262. The number of halogens is 2. The molecule has 2 aromatic rings. The highest BCUT2D eigenvalue weighted by atomic mass is 35.5. The van der Waals surface area contributed by atoms with E-state index in [1.54, 1.807) is 36.4 Å². The van der Waals surface area contributed by atoms with Gasteiger partial charge in [-0.15, -0.1) is 0 Å². The molecule has 0 amide bonds. The standard InChI is InChI=1S/C14H10Cl2O2S2/c15-10-2-1-9(13(16)7-10)8-19-14(18)20-12-5-3-11(17)4-6-12/h1-7,17H,8H2. The third kappa shape index (κ3) is 4.63. The van der Waals surface area contributed by atoms with Crippen molar-refractivity contribution in [2.24, 2.45) is 0 Å². The van der Waals surface area contributed by atoms with Crippen LogP contribution in [0.4, 0.5) is 4.79 Å². The summed E-state index contributed by atoms with van der Waals surface area (Å²) in [5, 5.41) is 10.3. The van der Waals surface area contributed by atoms with E-state index in [-0.39, 0.29) is 10.2 Å². The van der Waals surface area contributed by atoms with E-state index in [0.717, 1.165) is 22.2 Å². The summed E-state index contributed by atoms with van der Waals surface area (Å²) in [6.07, 6.45) is 0. The fourth-order valence-corrected chi connectivity index (χ4v) is 3.66. The quantitative estimate of drug-likeness (QED) is 0.709. The molecule has 0 atom stereocenters. The fourth-order valence-electron chi connectivity index (χ4n) is 1.42. The molecule has 0 bridgehead atoms. The van der Waals surface area contributed by atoms with Gasteiger partial charge in [0, 0.05) is 20.7 Å². The zero-order chi connectivity index (χ0) is 14.5. The Labute approximate surface area is 135 Å². The molecule has 0 heterocycles. The third-order valence-electron chi connectivity index (χ3n) is 2.40. The molecule has 0 aliphatic rings. The number of hydrogen-bond donors (Lipinski definition) is 1. The van der Waals surface area contributed by atoms with Gasteiger partial charge < -0.3 is 5.11 Å². The number of aromatic hydroxyl groups is 1.